The van der Waals surface area contributed by atoms with Gasteiger partial charge in [0, 0.05) is 36.1 Å². The Balaban J connectivity index is 1.44. The summed E-state index contributed by atoms with van der Waals surface area (Å²) in [6.07, 6.45) is 0. The minimum atomic E-state index is 0.0310. The van der Waals surface area contributed by atoms with Crippen LogP contribution in [-0.2, 0) is 22.6 Å². The van der Waals surface area contributed by atoms with Gasteiger partial charge in [0.15, 0.2) is 0 Å². The van der Waals surface area contributed by atoms with Gasteiger partial charge >= 0.3 is 0 Å². The molecular formula is C20H23ClN2O2S. The summed E-state index contributed by atoms with van der Waals surface area (Å²) in [5.74, 6) is 0.429. The molecular weight excluding hydrogens is 368 g/mol. The minimum absolute atomic E-state index is 0.0310. The number of hydrogen-bond acceptors (Lipinski definition) is 4. The molecule has 0 bridgehead atoms. The molecule has 0 atom stereocenters. The van der Waals surface area contributed by atoms with E-state index in [1.807, 2.05) is 24.3 Å². The van der Waals surface area contributed by atoms with E-state index in [2.05, 4.69) is 34.5 Å². The topological polar surface area (TPSA) is 41.6 Å². The summed E-state index contributed by atoms with van der Waals surface area (Å²) in [6.45, 7) is 5.04. The van der Waals surface area contributed by atoms with Crippen molar-refractivity contribution in [2.75, 3.05) is 32.1 Å². The quantitative estimate of drug-likeness (QED) is 0.734. The van der Waals surface area contributed by atoms with E-state index in [1.165, 1.54) is 17.3 Å². The van der Waals surface area contributed by atoms with Crippen LogP contribution in [0.25, 0.3) is 0 Å². The van der Waals surface area contributed by atoms with Crippen molar-refractivity contribution in [1.82, 2.24) is 10.2 Å². The summed E-state index contributed by atoms with van der Waals surface area (Å²) in [5.41, 5.74) is 2.40. The first-order valence-corrected chi connectivity index (χ1v) is 10.1. The van der Waals surface area contributed by atoms with Crippen molar-refractivity contribution < 1.29 is 9.53 Å². The third-order valence-electron chi connectivity index (χ3n) is 4.17. The number of morpholine rings is 1. The molecule has 0 unspecified atom stereocenters. The Bertz CT molecular complexity index is 718. The van der Waals surface area contributed by atoms with Crippen molar-refractivity contribution in [3.63, 3.8) is 0 Å². The fourth-order valence-electron chi connectivity index (χ4n) is 2.79. The number of rotatable bonds is 7. The summed E-state index contributed by atoms with van der Waals surface area (Å²) in [6, 6.07) is 15.9. The van der Waals surface area contributed by atoms with E-state index >= 15 is 0 Å². The number of thioether (sulfide) groups is 1. The van der Waals surface area contributed by atoms with E-state index in [0.717, 1.165) is 43.3 Å². The Morgan fingerprint density at radius 3 is 2.62 bits per heavy atom. The molecule has 1 heterocycles. The Morgan fingerprint density at radius 1 is 1.12 bits per heavy atom. The first kappa shape index (κ1) is 19.2. The molecule has 1 aliphatic rings. The molecule has 0 spiro atoms. The Hall–Kier alpha value is -1.53. The molecule has 2 aromatic rings. The van der Waals surface area contributed by atoms with Crippen LogP contribution in [0, 0.1) is 0 Å². The van der Waals surface area contributed by atoms with Crippen molar-refractivity contribution in [3.05, 3.63) is 64.7 Å². The number of amides is 1. The third kappa shape index (κ3) is 6.32. The minimum Gasteiger partial charge on any atom is -0.379 e. The van der Waals surface area contributed by atoms with Crippen LogP contribution >= 0.6 is 23.4 Å². The molecule has 0 saturated carbocycles. The van der Waals surface area contributed by atoms with Crippen LogP contribution in [-0.4, -0.2) is 42.9 Å². The van der Waals surface area contributed by atoms with Crippen molar-refractivity contribution >= 4 is 29.3 Å². The van der Waals surface area contributed by atoms with Gasteiger partial charge in [-0.25, -0.2) is 0 Å². The van der Waals surface area contributed by atoms with Gasteiger partial charge < -0.3 is 10.1 Å². The lowest BCUT2D eigenvalue weighted by molar-refractivity contribution is -0.118. The van der Waals surface area contributed by atoms with Crippen molar-refractivity contribution in [2.24, 2.45) is 0 Å². The van der Waals surface area contributed by atoms with E-state index < -0.39 is 0 Å². The van der Waals surface area contributed by atoms with Gasteiger partial charge in [-0.2, -0.15) is 0 Å². The zero-order valence-corrected chi connectivity index (χ0v) is 16.2. The fraction of sp³-hybridized carbons (Fsp3) is 0.350. The lowest BCUT2D eigenvalue weighted by atomic mass is 10.1. The SMILES string of the molecule is O=C(CSc1ccc(Cl)cc1)NCc1cccc(CN2CCOCC2)c1. The highest BCUT2D eigenvalue weighted by Crippen LogP contribution is 2.20. The maximum absolute atomic E-state index is 12.1. The van der Waals surface area contributed by atoms with Crippen LogP contribution in [0.3, 0.4) is 0 Å². The lowest BCUT2D eigenvalue weighted by Crippen LogP contribution is -2.35. The number of nitrogens with zero attached hydrogens (tertiary/aromatic N) is 1. The molecule has 0 radical (unpaired) electrons. The number of carbonyl (C=O) groups is 1. The second kappa shape index (κ2) is 9.97. The lowest BCUT2D eigenvalue weighted by Gasteiger charge is -2.26. The molecule has 1 fully saturated rings. The normalized spacial score (nSPS) is 15.0. The number of benzene rings is 2. The van der Waals surface area contributed by atoms with Gasteiger partial charge in [-0.05, 0) is 35.4 Å². The van der Waals surface area contributed by atoms with Crippen LogP contribution < -0.4 is 5.32 Å². The smallest absolute Gasteiger partial charge is 0.230 e. The average Bonchev–Trinajstić information content (AvgIpc) is 2.67. The molecule has 1 saturated heterocycles. The molecule has 4 nitrogen and oxygen atoms in total. The molecule has 1 amide bonds. The van der Waals surface area contributed by atoms with Gasteiger partial charge in [0.05, 0.1) is 19.0 Å². The van der Waals surface area contributed by atoms with Gasteiger partial charge in [-0.15, -0.1) is 11.8 Å². The predicted octanol–water partition coefficient (Wildman–Crippen LogP) is 3.58. The summed E-state index contributed by atoms with van der Waals surface area (Å²) in [7, 11) is 0. The second-order valence-corrected chi connectivity index (χ2v) is 7.71. The van der Waals surface area contributed by atoms with Gasteiger partial charge in [0.2, 0.25) is 5.91 Å². The molecule has 1 aliphatic heterocycles. The monoisotopic (exact) mass is 390 g/mol. The second-order valence-electron chi connectivity index (χ2n) is 6.23. The first-order chi connectivity index (χ1) is 12.7. The number of carbonyl (C=O) groups excluding carboxylic acids is 1. The van der Waals surface area contributed by atoms with Crippen molar-refractivity contribution in [1.29, 1.82) is 0 Å². The predicted molar refractivity (Wildman–Crippen MR) is 107 cm³/mol. The molecule has 0 aliphatic carbocycles. The standard InChI is InChI=1S/C20H23ClN2O2S/c21-18-4-6-19(7-5-18)26-15-20(24)22-13-16-2-1-3-17(12-16)14-23-8-10-25-11-9-23/h1-7,12H,8-11,13-15H2,(H,22,24). The Labute approximate surface area is 163 Å². The van der Waals surface area contributed by atoms with Crippen LogP contribution in [0.4, 0.5) is 0 Å². The third-order valence-corrected chi connectivity index (χ3v) is 5.44. The molecule has 3 rings (SSSR count). The van der Waals surface area contributed by atoms with Crippen LogP contribution in [0.2, 0.25) is 5.02 Å². The van der Waals surface area contributed by atoms with E-state index in [1.54, 1.807) is 0 Å². The summed E-state index contributed by atoms with van der Waals surface area (Å²) < 4.78 is 5.39. The van der Waals surface area contributed by atoms with Crippen molar-refractivity contribution in [3.8, 4) is 0 Å². The maximum Gasteiger partial charge on any atom is 0.230 e. The van der Waals surface area contributed by atoms with Gasteiger partial charge in [-0.3, -0.25) is 9.69 Å². The van der Waals surface area contributed by atoms with Gasteiger partial charge in [0.1, 0.15) is 0 Å². The van der Waals surface area contributed by atoms with Gasteiger partial charge in [0.25, 0.3) is 0 Å². The molecule has 1 N–H and O–H groups in total. The van der Waals surface area contributed by atoms with Crippen LogP contribution in [0.1, 0.15) is 11.1 Å². The van der Waals surface area contributed by atoms with E-state index in [4.69, 9.17) is 16.3 Å². The Kier molecular flexibility index (Phi) is 7.38. The molecule has 6 heteroatoms. The van der Waals surface area contributed by atoms with E-state index in [-0.39, 0.29) is 5.91 Å². The summed E-state index contributed by atoms with van der Waals surface area (Å²) in [5, 5.41) is 3.70. The Morgan fingerprint density at radius 2 is 1.85 bits per heavy atom. The fourth-order valence-corrected chi connectivity index (χ4v) is 3.64. The average molecular weight is 391 g/mol. The first-order valence-electron chi connectivity index (χ1n) is 8.72. The highest BCUT2D eigenvalue weighted by atomic mass is 35.5. The summed E-state index contributed by atoms with van der Waals surface area (Å²) in [4.78, 5) is 15.5. The number of hydrogen-bond donors (Lipinski definition) is 1. The van der Waals surface area contributed by atoms with E-state index in [0.29, 0.717) is 17.3 Å². The number of halogens is 1. The summed E-state index contributed by atoms with van der Waals surface area (Å²) >= 11 is 7.38. The number of ether oxygens (including phenoxy) is 1. The largest absolute Gasteiger partial charge is 0.379 e. The maximum atomic E-state index is 12.1. The van der Waals surface area contributed by atoms with Crippen LogP contribution in [0.5, 0.6) is 0 Å². The zero-order valence-electron chi connectivity index (χ0n) is 14.6. The highest BCUT2D eigenvalue weighted by Gasteiger charge is 2.11. The molecule has 138 valence electrons. The van der Waals surface area contributed by atoms with Crippen molar-refractivity contribution in [2.45, 2.75) is 18.0 Å². The number of nitrogens with one attached hydrogen (secondary N) is 1. The molecule has 2 aromatic carbocycles. The van der Waals surface area contributed by atoms with Crippen LogP contribution in [0.15, 0.2) is 53.4 Å². The highest BCUT2D eigenvalue weighted by molar-refractivity contribution is 8.00. The molecule has 26 heavy (non-hydrogen) atoms. The molecule has 0 aromatic heterocycles. The zero-order chi connectivity index (χ0) is 18.2. The van der Waals surface area contributed by atoms with Gasteiger partial charge in [-0.1, -0.05) is 35.9 Å². The van der Waals surface area contributed by atoms with E-state index in [9.17, 15) is 4.79 Å².